The molecule has 1 N–H and O–H groups in total. The molecule has 1 amide bonds. The summed E-state index contributed by atoms with van der Waals surface area (Å²) < 4.78 is 0. The molecule has 0 aliphatic carbocycles. The van der Waals surface area contributed by atoms with Gasteiger partial charge in [0.05, 0.1) is 11.3 Å². The molecule has 0 bridgehead atoms. The molecule has 1 aliphatic rings. The second-order valence-electron chi connectivity index (χ2n) is 7.08. The van der Waals surface area contributed by atoms with Crippen molar-refractivity contribution in [3.05, 3.63) is 66.2 Å². The average molecular weight is 398 g/mol. The van der Waals surface area contributed by atoms with Crippen molar-refractivity contribution < 1.29 is 4.79 Å². The number of carbonyl (C=O) groups excluding carboxylic acids is 1. The van der Waals surface area contributed by atoms with E-state index in [1.165, 1.54) is 0 Å². The number of rotatable bonds is 4. The number of para-hydroxylation sites is 1. The highest BCUT2D eigenvalue weighted by atomic mass is 16.2. The molecule has 1 saturated heterocycles. The molecule has 0 radical (unpaired) electrons. The largest absolute Gasteiger partial charge is 0.353 e. The van der Waals surface area contributed by atoms with Crippen LogP contribution in [0.15, 0.2) is 60.7 Å². The zero-order valence-corrected chi connectivity index (χ0v) is 16.7. The van der Waals surface area contributed by atoms with Crippen LogP contribution in [0.4, 0.5) is 17.3 Å². The molecular weight excluding hydrogens is 376 g/mol. The van der Waals surface area contributed by atoms with Gasteiger partial charge in [-0.15, -0.1) is 0 Å². The molecule has 7 nitrogen and oxygen atoms in total. The number of hydrogen-bond acceptors (Lipinski definition) is 6. The highest BCUT2D eigenvalue weighted by Gasteiger charge is 2.21. The minimum atomic E-state index is 0.0952. The van der Waals surface area contributed by atoms with E-state index >= 15 is 0 Å². The quantitative estimate of drug-likeness (QED) is 0.725. The highest BCUT2D eigenvalue weighted by molar-refractivity contribution is 5.74. The number of carbonyl (C=O) groups is 1. The van der Waals surface area contributed by atoms with E-state index in [2.05, 4.69) is 21.3 Å². The van der Waals surface area contributed by atoms with Crippen molar-refractivity contribution in [3.63, 3.8) is 0 Å². The summed E-state index contributed by atoms with van der Waals surface area (Å²) in [5.41, 5.74) is 2.16. The van der Waals surface area contributed by atoms with Crippen LogP contribution in [0.2, 0.25) is 0 Å². The molecule has 0 unspecified atom stereocenters. The summed E-state index contributed by atoms with van der Waals surface area (Å²) in [6.07, 6.45) is 0. The summed E-state index contributed by atoms with van der Waals surface area (Å²) in [5, 5.41) is 12.7. The molecular formula is C23H22N6O. The predicted molar refractivity (Wildman–Crippen MR) is 116 cm³/mol. The zero-order valence-electron chi connectivity index (χ0n) is 16.7. The van der Waals surface area contributed by atoms with Gasteiger partial charge in [-0.1, -0.05) is 42.5 Å². The fraction of sp³-hybridized carbons (Fsp3) is 0.217. The number of benzene rings is 2. The van der Waals surface area contributed by atoms with E-state index in [1.807, 2.05) is 59.5 Å². The van der Waals surface area contributed by atoms with Gasteiger partial charge in [0.1, 0.15) is 17.7 Å². The summed E-state index contributed by atoms with van der Waals surface area (Å²) in [6, 6.07) is 21.2. The van der Waals surface area contributed by atoms with Gasteiger partial charge in [0.2, 0.25) is 5.91 Å². The van der Waals surface area contributed by atoms with E-state index in [0.29, 0.717) is 49.1 Å². The van der Waals surface area contributed by atoms with E-state index in [-0.39, 0.29) is 5.91 Å². The molecule has 0 saturated carbocycles. The third kappa shape index (κ3) is 4.23. The van der Waals surface area contributed by atoms with Crippen molar-refractivity contribution in [2.24, 2.45) is 0 Å². The highest BCUT2D eigenvalue weighted by Crippen LogP contribution is 2.26. The maximum atomic E-state index is 11.6. The number of aromatic nitrogens is 2. The molecule has 0 spiro atoms. The van der Waals surface area contributed by atoms with Crippen LogP contribution in [0.5, 0.6) is 0 Å². The maximum Gasteiger partial charge on any atom is 0.219 e. The SMILES string of the molecule is CC(=O)N1CCN(c2cc(Nc3ccccc3C#N)nc(-c3ccccc3)n2)CC1. The second kappa shape index (κ2) is 8.62. The minimum absolute atomic E-state index is 0.0952. The van der Waals surface area contributed by atoms with Crippen LogP contribution in [0.25, 0.3) is 11.4 Å². The number of anilines is 3. The summed E-state index contributed by atoms with van der Waals surface area (Å²) in [6.45, 7) is 4.35. The van der Waals surface area contributed by atoms with Gasteiger partial charge in [-0.05, 0) is 12.1 Å². The van der Waals surface area contributed by atoms with Gasteiger partial charge in [-0.3, -0.25) is 4.79 Å². The van der Waals surface area contributed by atoms with Gasteiger partial charge in [0, 0.05) is 44.7 Å². The lowest BCUT2D eigenvalue weighted by Gasteiger charge is -2.35. The van der Waals surface area contributed by atoms with Crippen LogP contribution < -0.4 is 10.2 Å². The van der Waals surface area contributed by atoms with Crippen molar-refractivity contribution in [1.29, 1.82) is 5.26 Å². The van der Waals surface area contributed by atoms with Gasteiger partial charge in [-0.2, -0.15) is 5.26 Å². The van der Waals surface area contributed by atoms with E-state index < -0.39 is 0 Å². The van der Waals surface area contributed by atoms with Gasteiger partial charge in [-0.25, -0.2) is 9.97 Å². The molecule has 150 valence electrons. The summed E-state index contributed by atoms with van der Waals surface area (Å²) in [4.78, 5) is 25.1. The first-order valence-corrected chi connectivity index (χ1v) is 9.85. The maximum absolute atomic E-state index is 11.6. The number of piperazine rings is 1. The minimum Gasteiger partial charge on any atom is -0.353 e. The summed E-state index contributed by atoms with van der Waals surface area (Å²) in [7, 11) is 0. The molecule has 4 rings (SSSR count). The van der Waals surface area contributed by atoms with Gasteiger partial charge >= 0.3 is 0 Å². The van der Waals surface area contributed by atoms with Gasteiger partial charge in [0.15, 0.2) is 5.82 Å². The Kier molecular flexibility index (Phi) is 5.57. The van der Waals surface area contributed by atoms with Crippen LogP contribution >= 0.6 is 0 Å². The molecule has 1 aliphatic heterocycles. The molecule has 1 aromatic heterocycles. The molecule has 0 atom stereocenters. The van der Waals surface area contributed by atoms with Crippen LogP contribution in [0.3, 0.4) is 0 Å². The van der Waals surface area contributed by atoms with E-state index in [0.717, 1.165) is 11.4 Å². The van der Waals surface area contributed by atoms with Crippen molar-refractivity contribution in [2.75, 3.05) is 36.4 Å². The Bertz CT molecular complexity index is 1080. The van der Waals surface area contributed by atoms with Crippen molar-refractivity contribution in [3.8, 4) is 17.5 Å². The lowest BCUT2D eigenvalue weighted by atomic mass is 10.2. The van der Waals surface area contributed by atoms with Crippen molar-refractivity contribution in [1.82, 2.24) is 14.9 Å². The van der Waals surface area contributed by atoms with Crippen LogP contribution in [0.1, 0.15) is 12.5 Å². The molecule has 2 aromatic carbocycles. The average Bonchev–Trinajstić information content (AvgIpc) is 2.80. The normalized spacial score (nSPS) is 13.6. The number of nitrogens with zero attached hydrogens (tertiary/aromatic N) is 5. The fourth-order valence-electron chi connectivity index (χ4n) is 3.45. The Morgan fingerprint density at radius 2 is 1.70 bits per heavy atom. The Morgan fingerprint density at radius 1 is 1.00 bits per heavy atom. The molecule has 2 heterocycles. The van der Waals surface area contributed by atoms with Crippen molar-refractivity contribution in [2.45, 2.75) is 6.92 Å². The third-order valence-corrected chi connectivity index (χ3v) is 5.10. The Morgan fingerprint density at radius 3 is 2.40 bits per heavy atom. The molecule has 30 heavy (non-hydrogen) atoms. The lowest BCUT2D eigenvalue weighted by Crippen LogP contribution is -2.48. The van der Waals surface area contributed by atoms with Crippen LogP contribution in [-0.4, -0.2) is 47.0 Å². The summed E-state index contributed by atoms with van der Waals surface area (Å²) >= 11 is 0. The fourth-order valence-corrected chi connectivity index (χ4v) is 3.45. The Hall–Kier alpha value is -3.92. The first-order chi connectivity index (χ1) is 14.6. The van der Waals surface area contributed by atoms with Crippen LogP contribution in [-0.2, 0) is 4.79 Å². The standard InChI is InChI=1S/C23H22N6O/c1-17(30)28-11-13-29(14-12-28)22-15-21(25-20-10-6-5-9-19(20)16-24)26-23(27-22)18-7-3-2-4-8-18/h2-10,15H,11-14H2,1H3,(H,25,26,27). The smallest absolute Gasteiger partial charge is 0.219 e. The van der Waals surface area contributed by atoms with E-state index in [4.69, 9.17) is 4.98 Å². The molecule has 7 heteroatoms. The van der Waals surface area contributed by atoms with Gasteiger partial charge in [0.25, 0.3) is 0 Å². The zero-order chi connectivity index (χ0) is 20.9. The second-order valence-corrected chi connectivity index (χ2v) is 7.08. The van der Waals surface area contributed by atoms with Crippen LogP contribution in [0, 0.1) is 11.3 Å². The monoisotopic (exact) mass is 398 g/mol. The third-order valence-electron chi connectivity index (χ3n) is 5.10. The summed E-state index contributed by atoms with van der Waals surface area (Å²) in [5.74, 6) is 2.12. The Balaban J connectivity index is 1.69. The number of nitriles is 1. The predicted octanol–water partition coefficient (Wildman–Crippen LogP) is 3.43. The molecule has 3 aromatic rings. The first-order valence-electron chi connectivity index (χ1n) is 9.85. The first kappa shape index (κ1) is 19.4. The number of amides is 1. The van der Waals surface area contributed by atoms with E-state index in [9.17, 15) is 10.1 Å². The van der Waals surface area contributed by atoms with Crippen molar-refractivity contribution >= 4 is 23.2 Å². The Labute approximate surface area is 175 Å². The van der Waals surface area contributed by atoms with E-state index in [1.54, 1.807) is 13.0 Å². The topological polar surface area (TPSA) is 85.2 Å². The lowest BCUT2D eigenvalue weighted by molar-refractivity contribution is -0.129. The van der Waals surface area contributed by atoms with Gasteiger partial charge < -0.3 is 15.1 Å². The number of nitrogens with one attached hydrogen (secondary N) is 1. The number of hydrogen-bond donors (Lipinski definition) is 1. The molecule has 1 fully saturated rings.